The smallest absolute Gasteiger partial charge is 0.258 e. The van der Waals surface area contributed by atoms with Gasteiger partial charge in [0, 0.05) is 27.6 Å². The lowest BCUT2D eigenvalue weighted by atomic mass is 10.1. The first-order valence-corrected chi connectivity index (χ1v) is 6.57. The fourth-order valence-corrected chi connectivity index (χ4v) is 2.99. The average Bonchev–Trinajstić information content (AvgIpc) is 2.83. The Morgan fingerprint density at radius 3 is 2.74 bits per heavy atom. The highest BCUT2D eigenvalue weighted by atomic mass is 32.1. The van der Waals surface area contributed by atoms with E-state index in [2.05, 4.69) is 4.98 Å². The van der Waals surface area contributed by atoms with Gasteiger partial charge in [-0.05, 0) is 37.3 Å². The molecule has 0 radical (unpaired) electrons. The Morgan fingerprint density at radius 2 is 2.05 bits per heavy atom. The molecule has 0 bridgehead atoms. The number of rotatable bonds is 2. The third kappa shape index (κ3) is 1.98. The molecule has 0 aliphatic carbocycles. The Hall–Kier alpha value is -2.27. The van der Waals surface area contributed by atoms with Gasteiger partial charge in [0.05, 0.1) is 15.8 Å². The summed E-state index contributed by atoms with van der Waals surface area (Å²) in [6, 6.07) is 10.8. The number of benzene rings is 1. The van der Waals surface area contributed by atoms with Crippen molar-refractivity contribution in [1.29, 1.82) is 0 Å². The Morgan fingerprint density at radius 1 is 1.21 bits per heavy atom. The van der Waals surface area contributed by atoms with Crippen molar-refractivity contribution in [3.05, 3.63) is 57.6 Å². The molecule has 3 aromatic rings. The van der Waals surface area contributed by atoms with Crippen LogP contribution in [0.1, 0.15) is 4.88 Å². The molecule has 4 nitrogen and oxygen atoms in total. The molecule has 0 aliphatic heterocycles. The summed E-state index contributed by atoms with van der Waals surface area (Å²) < 4.78 is 0. The summed E-state index contributed by atoms with van der Waals surface area (Å²) in [6.45, 7) is 2.04. The molecule has 5 heteroatoms. The van der Waals surface area contributed by atoms with Gasteiger partial charge in [-0.1, -0.05) is 0 Å². The first kappa shape index (κ1) is 11.8. The third-order valence-electron chi connectivity index (χ3n) is 2.95. The van der Waals surface area contributed by atoms with Gasteiger partial charge in [-0.25, -0.2) is 0 Å². The molecule has 2 heterocycles. The Balaban J connectivity index is 2.34. The average molecular weight is 270 g/mol. The third-order valence-corrected chi connectivity index (χ3v) is 3.98. The summed E-state index contributed by atoms with van der Waals surface area (Å²) in [7, 11) is 0. The van der Waals surface area contributed by atoms with Crippen molar-refractivity contribution in [2.75, 3.05) is 0 Å². The van der Waals surface area contributed by atoms with Crippen LogP contribution in [0.25, 0.3) is 21.3 Å². The van der Waals surface area contributed by atoms with Gasteiger partial charge in [0.25, 0.3) is 5.69 Å². The monoisotopic (exact) mass is 270 g/mol. The molecule has 0 spiro atoms. The van der Waals surface area contributed by atoms with Gasteiger partial charge in [-0.3, -0.25) is 15.1 Å². The fourth-order valence-electron chi connectivity index (χ4n) is 2.09. The van der Waals surface area contributed by atoms with Crippen molar-refractivity contribution in [2.45, 2.75) is 6.92 Å². The van der Waals surface area contributed by atoms with Crippen LogP contribution in [0.4, 0.5) is 5.69 Å². The maximum Gasteiger partial charge on any atom is 0.278 e. The molecule has 0 aliphatic rings. The minimum atomic E-state index is -0.368. The topological polar surface area (TPSA) is 56.0 Å². The van der Waals surface area contributed by atoms with Crippen molar-refractivity contribution in [1.82, 2.24) is 4.98 Å². The number of nitro groups is 1. The fraction of sp³-hybridized carbons (Fsp3) is 0.0714. The van der Waals surface area contributed by atoms with E-state index >= 15 is 0 Å². The molecule has 0 saturated heterocycles. The maximum atomic E-state index is 11.0. The summed E-state index contributed by atoms with van der Waals surface area (Å²) in [5.41, 5.74) is 1.72. The predicted molar refractivity (Wildman–Crippen MR) is 76.4 cm³/mol. The van der Waals surface area contributed by atoms with Crippen molar-refractivity contribution >= 4 is 27.9 Å². The van der Waals surface area contributed by atoms with Crippen LogP contribution in [-0.4, -0.2) is 9.91 Å². The summed E-state index contributed by atoms with van der Waals surface area (Å²) in [5.74, 6) is 0. The van der Waals surface area contributed by atoms with Crippen LogP contribution in [0, 0.1) is 17.0 Å². The van der Waals surface area contributed by atoms with E-state index in [1.54, 1.807) is 41.8 Å². The minimum absolute atomic E-state index is 0.0973. The zero-order chi connectivity index (χ0) is 13.4. The lowest BCUT2D eigenvalue weighted by molar-refractivity contribution is -0.383. The molecular formula is C14H10N2O2S. The van der Waals surface area contributed by atoms with Crippen LogP contribution in [0.3, 0.4) is 0 Å². The van der Waals surface area contributed by atoms with E-state index in [9.17, 15) is 10.1 Å². The van der Waals surface area contributed by atoms with Gasteiger partial charge in [0.2, 0.25) is 0 Å². The molecule has 0 amide bonds. The number of fused-ring (bicyclic) bond motifs is 1. The first-order valence-electron chi connectivity index (χ1n) is 5.76. The second-order valence-corrected chi connectivity index (χ2v) is 5.49. The largest absolute Gasteiger partial charge is 0.278 e. The number of thiophene rings is 1. The number of aryl methyl sites for hydroxylation is 1. The summed E-state index contributed by atoms with van der Waals surface area (Å²) in [4.78, 5) is 17.3. The van der Waals surface area contributed by atoms with Gasteiger partial charge in [0.1, 0.15) is 0 Å². The SMILES string of the molecule is Cc1ccc(-c2ccc([N+](=O)[O-])c3cccnc23)s1. The van der Waals surface area contributed by atoms with Crippen LogP contribution in [0.15, 0.2) is 42.6 Å². The number of pyridine rings is 1. The highest BCUT2D eigenvalue weighted by molar-refractivity contribution is 7.15. The number of non-ortho nitro benzene ring substituents is 1. The molecule has 19 heavy (non-hydrogen) atoms. The van der Waals surface area contributed by atoms with E-state index in [1.807, 2.05) is 19.1 Å². The second kappa shape index (κ2) is 4.44. The van der Waals surface area contributed by atoms with Crippen LogP contribution in [-0.2, 0) is 0 Å². The van der Waals surface area contributed by atoms with Crippen molar-refractivity contribution in [3.63, 3.8) is 0 Å². The molecule has 0 N–H and O–H groups in total. The van der Waals surface area contributed by atoms with Gasteiger partial charge in [-0.15, -0.1) is 11.3 Å². The molecule has 3 rings (SSSR count). The number of hydrogen-bond donors (Lipinski definition) is 0. The highest BCUT2D eigenvalue weighted by Crippen LogP contribution is 2.35. The number of nitro benzene ring substituents is 1. The van der Waals surface area contributed by atoms with Crippen LogP contribution < -0.4 is 0 Å². The lowest BCUT2D eigenvalue weighted by Gasteiger charge is -2.04. The summed E-state index contributed by atoms with van der Waals surface area (Å²) >= 11 is 1.66. The zero-order valence-electron chi connectivity index (χ0n) is 10.2. The molecule has 1 aromatic carbocycles. The van der Waals surface area contributed by atoms with Crippen LogP contribution in [0.5, 0.6) is 0 Å². The molecule has 94 valence electrons. The lowest BCUT2D eigenvalue weighted by Crippen LogP contribution is -1.91. The van der Waals surface area contributed by atoms with E-state index in [-0.39, 0.29) is 10.6 Å². The maximum absolute atomic E-state index is 11.0. The first-order chi connectivity index (χ1) is 9.16. The molecule has 2 aromatic heterocycles. The van der Waals surface area contributed by atoms with E-state index in [0.29, 0.717) is 10.9 Å². The minimum Gasteiger partial charge on any atom is -0.258 e. The van der Waals surface area contributed by atoms with E-state index in [0.717, 1.165) is 10.4 Å². The quantitative estimate of drug-likeness (QED) is 0.518. The number of hydrogen-bond acceptors (Lipinski definition) is 4. The number of aromatic nitrogens is 1. The second-order valence-electron chi connectivity index (χ2n) is 4.20. The van der Waals surface area contributed by atoms with Crippen LogP contribution in [0.2, 0.25) is 0 Å². The molecule has 0 unspecified atom stereocenters. The van der Waals surface area contributed by atoms with E-state index in [4.69, 9.17) is 0 Å². The standard InChI is InChI=1S/C14H10N2O2S/c1-9-4-7-13(19-9)11-5-6-12(16(17)18)10-3-2-8-15-14(10)11/h2-8H,1H3. The van der Waals surface area contributed by atoms with Gasteiger partial charge < -0.3 is 0 Å². The van der Waals surface area contributed by atoms with Crippen molar-refractivity contribution in [2.24, 2.45) is 0 Å². The molecule has 0 saturated carbocycles. The number of nitrogens with zero attached hydrogens (tertiary/aromatic N) is 2. The Kier molecular flexibility index (Phi) is 2.76. The zero-order valence-corrected chi connectivity index (χ0v) is 11.0. The van der Waals surface area contributed by atoms with Gasteiger partial charge >= 0.3 is 0 Å². The molecule has 0 atom stereocenters. The Bertz CT molecular complexity index is 780. The summed E-state index contributed by atoms with van der Waals surface area (Å²) in [5, 5.41) is 11.6. The Labute approximate surface area is 113 Å². The van der Waals surface area contributed by atoms with E-state index in [1.165, 1.54) is 4.88 Å². The predicted octanol–water partition coefficient (Wildman–Crippen LogP) is 4.18. The highest BCUT2D eigenvalue weighted by Gasteiger charge is 2.16. The summed E-state index contributed by atoms with van der Waals surface area (Å²) in [6.07, 6.45) is 1.66. The van der Waals surface area contributed by atoms with E-state index < -0.39 is 0 Å². The molecule has 0 fully saturated rings. The molecular weight excluding hydrogens is 260 g/mol. The van der Waals surface area contributed by atoms with Crippen LogP contribution >= 0.6 is 11.3 Å². The van der Waals surface area contributed by atoms with Gasteiger partial charge in [0.15, 0.2) is 0 Å². The van der Waals surface area contributed by atoms with Crippen molar-refractivity contribution < 1.29 is 4.92 Å². The normalized spacial score (nSPS) is 10.8. The van der Waals surface area contributed by atoms with Gasteiger partial charge in [-0.2, -0.15) is 0 Å². The van der Waals surface area contributed by atoms with Crippen molar-refractivity contribution in [3.8, 4) is 10.4 Å².